The van der Waals surface area contributed by atoms with Crippen molar-refractivity contribution < 1.29 is 43.5 Å². The number of carbonyl (C=O) groups excluding carboxylic acids is 3. The lowest BCUT2D eigenvalue weighted by atomic mass is 9.83. The molecule has 264 valence electrons. The highest BCUT2D eigenvalue weighted by molar-refractivity contribution is 6.34. The number of hydrogen-bond acceptors (Lipinski definition) is 10. The summed E-state index contributed by atoms with van der Waals surface area (Å²) in [6.07, 6.45) is 2.77. The maximum Gasteiger partial charge on any atom is 0.328 e. The van der Waals surface area contributed by atoms with Crippen molar-refractivity contribution in [1.82, 2.24) is 10.2 Å². The normalized spacial score (nSPS) is 33.3. The zero-order valence-corrected chi connectivity index (χ0v) is 29.7. The topological polar surface area (TPSA) is 150 Å². The number of epoxide rings is 1. The summed E-state index contributed by atoms with van der Waals surface area (Å²) in [6, 6.07) is 2.65. The van der Waals surface area contributed by atoms with E-state index >= 15 is 0 Å². The van der Waals surface area contributed by atoms with Gasteiger partial charge in [0, 0.05) is 40.5 Å². The number of rotatable bonds is 5. The van der Waals surface area contributed by atoms with Gasteiger partial charge in [0.2, 0.25) is 11.8 Å². The summed E-state index contributed by atoms with van der Waals surface area (Å²) in [5.74, 6) is -1.64. The van der Waals surface area contributed by atoms with Gasteiger partial charge in [-0.1, -0.05) is 48.4 Å². The second kappa shape index (κ2) is 14.6. The number of amides is 2. The molecule has 2 amide bonds. The number of anilines is 1. The highest BCUT2D eigenvalue weighted by Gasteiger charge is 2.64. The third-order valence-corrected chi connectivity index (χ3v) is 10.2. The van der Waals surface area contributed by atoms with Crippen LogP contribution in [0.3, 0.4) is 0 Å². The van der Waals surface area contributed by atoms with Gasteiger partial charge in [-0.2, -0.15) is 0 Å². The number of esters is 1. The van der Waals surface area contributed by atoms with E-state index in [4.69, 9.17) is 30.5 Å². The third kappa shape index (κ3) is 7.73. The number of halogens is 1. The van der Waals surface area contributed by atoms with E-state index in [0.717, 1.165) is 11.1 Å². The molecule has 4 bridgehead atoms. The van der Waals surface area contributed by atoms with Gasteiger partial charge in [0.1, 0.15) is 30.0 Å². The van der Waals surface area contributed by atoms with E-state index in [1.165, 1.54) is 30.9 Å². The number of methoxy groups -OCH3 is 1. The second-order valence-electron chi connectivity index (χ2n) is 13.3. The first-order valence-electron chi connectivity index (χ1n) is 16.0. The Morgan fingerprint density at radius 2 is 2.02 bits per heavy atom. The molecule has 3 N–H and O–H groups in total. The Bertz CT molecular complexity index is 1500. The Hall–Kier alpha value is -3.42. The van der Waals surface area contributed by atoms with E-state index < -0.39 is 53.7 Å². The van der Waals surface area contributed by atoms with Crippen LogP contribution in [0.5, 0.6) is 0 Å². The van der Waals surface area contributed by atoms with Crippen molar-refractivity contribution in [2.45, 2.75) is 102 Å². The van der Waals surface area contributed by atoms with Gasteiger partial charge in [0.25, 0.3) is 0 Å². The minimum atomic E-state index is -1.58. The fourth-order valence-electron chi connectivity index (χ4n) is 6.45. The summed E-state index contributed by atoms with van der Waals surface area (Å²) in [6.45, 7) is 12.1. The summed E-state index contributed by atoms with van der Waals surface area (Å²) in [5, 5.41) is 25.1. The van der Waals surface area contributed by atoms with E-state index in [-0.39, 0.29) is 42.2 Å². The van der Waals surface area contributed by atoms with Crippen LogP contribution in [0, 0.1) is 5.92 Å². The molecule has 3 aliphatic rings. The van der Waals surface area contributed by atoms with Crippen LogP contribution in [-0.2, 0) is 46.4 Å². The largest absolute Gasteiger partial charge is 0.476 e. The lowest BCUT2D eigenvalue weighted by Gasteiger charge is -2.44. The minimum Gasteiger partial charge on any atom is -0.476 e. The lowest BCUT2D eigenvalue weighted by molar-refractivity contribution is -0.161. The summed E-state index contributed by atoms with van der Waals surface area (Å²) in [7, 11) is 4.57. The number of nitrogens with zero attached hydrogens (tertiary/aromatic N) is 2. The number of hydrogen-bond donors (Lipinski definition) is 3. The Labute approximate surface area is 287 Å². The number of benzene rings is 1. The number of fused-ring (bicyclic) bond motifs is 5. The summed E-state index contributed by atoms with van der Waals surface area (Å²) >= 11 is 6.70. The molecule has 0 aliphatic carbocycles. The van der Waals surface area contributed by atoms with Crippen LogP contribution >= 0.6 is 11.6 Å². The standard InChI is InChI=1S/C35H48ClN3O9/c1-19-11-10-12-28(45-9)35(44)17-27(46-22(4)37-35)20(2)32-34(6,48-32)29(47-33(43)21(3)38(7)23(5)41)16-30(42)39(8)26-15-24(13-19)14-25(18-40)31(26)36/h10-12,14-15,20-21,27-29,32,37,40,44H,4,13,16-18H2,1-3,5-9H3/b12-10+,19-11+/t20?,21-,27-,28+,29-,32?,34-,35-/m0/s1. The number of aliphatic hydroxyl groups is 2. The minimum absolute atomic E-state index is 0.107. The van der Waals surface area contributed by atoms with Crippen molar-refractivity contribution in [3.05, 3.63) is 64.5 Å². The van der Waals surface area contributed by atoms with Crippen LogP contribution in [0.4, 0.5) is 5.69 Å². The molecule has 0 radical (unpaired) electrons. The Kier molecular flexibility index (Phi) is 11.4. The van der Waals surface area contributed by atoms with Crippen molar-refractivity contribution in [2.75, 3.05) is 26.1 Å². The Morgan fingerprint density at radius 1 is 1.33 bits per heavy atom. The molecule has 1 aromatic rings. The monoisotopic (exact) mass is 689 g/mol. The van der Waals surface area contributed by atoms with Gasteiger partial charge in [-0.25, -0.2) is 4.79 Å². The Balaban J connectivity index is 1.80. The fraction of sp³-hybridized carbons (Fsp3) is 0.571. The highest BCUT2D eigenvalue weighted by atomic mass is 35.5. The molecule has 1 aromatic carbocycles. The maximum atomic E-state index is 14.0. The van der Waals surface area contributed by atoms with Crippen molar-refractivity contribution in [3.8, 4) is 0 Å². The third-order valence-electron chi connectivity index (χ3n) is 9.76. The zero-order valence-electron chi connectivity index (χ0n) is 28.9. The van der Waals surface area contributed by atoms with E-state index in [2.05, 4.69) is 11.9 Å². The summed E-state index contributed by atoms with van der Waals surface area (Å²) in [5.41, 5.74) is -0.0997. The van der Waals surface area contributed by atoms with Crippen molar-refractivity contribution in [2.24, 2.45) is 5.92 Å². The van der Waals surface area contributed by atoms with Crippen molar-refractivity contribution >= 4 is 35.1 Å². The molecule has 2 saturated heterocycles. The van der Waals surface area contributed by atoms with Crippen molar-refractivity contribution in [3.63, 3.8) is 0 Å². The van der Waals surface area contributed by atoms with Gasteiger partial charge in [-0.3, -0.25) is 9.59 Å². The lowest BCUT2D eigenvalue weighted by Crippen LogP contribution is -2.60. The van der Waals surface area contributed by atoms with Crippen molar-refractivity contribution in [1.29, 1.82) is 0 Å². The molecule has 2 fully saturated rings. The molecule has 0 aromatic heterocycles. The molecule has 3 aliphatic heterocycles. The van der Waals surface area contributed by atoms with Crippen LogP contribution in [0.1, 0.15) is 58.6 Å². The quantitative estimate of drug-likeness (QED) is 0.310. The predicted molar refractivity (Wildman–Crippen MR) is 180 cm³/mol. The molecule has 13 heteroatoms. The van der Waals surface area contributed by atoms with Gasteiger partial charge >= 0.3 is 5.97 Å². The summed E-state index contributed by atoms with van der Waals surface area (Å²) in [4.78, 5) is 42.0. The van der Waals surface area contributed by atoms with Gasteiger partial charge in [-0.15, -0.1) is 0 Å². The average Bonchev–Trinajstić information content (AvgIpc) is 3.73. The molecule has 3 heterocycles. The first-order chi connectivity index (χ1) is 22.4. The van der Waals surface area contributed by atoms with E-state index in [0.29, 0.717) is 17.7 Å². The molecule has 48 heavy (non-hydrogen) atoms. The van der Waals surface area contributed by atoms with Crippen LogP contribution in [0.25, 0.3) is 0 Å². The molecule has 8 atom stereocenters. The number of carbonyl (C=O) groups is 3. The molecule has 12 nitrogen and oxygen atoms in total. The number of likely N-dealkylation sites (N-methyl/N-ethyl adjacent to an activating group) is 1. The SMILES string of the molecule is C=C1N[C@]2(O)C[C@H](O1)C(C)C1O[C@@]1(C)[C@@H](OC(=O)[C@H](C)N(C)C(C)=O)CC(=O)N(C)c1cc(cc(CO)c1Cl)C/C(C)=C/C=C/[C@H]2OC. The van der Waals surface area contributed by atoms with Gasteiger partial charge in [-0.05, 0) is 51.0 Å². The molecular formula is C35H48ClN3O9. The van der Waals surface area contributed by atoms with E-state index in [9.17, 15) is 24.6 Å². The predicted octanol–water partition coefficient (Wildman–Crippen LogP) is 3.37. The smallest absolute Gasteiger partial charge is 0.328 e. The first kappa shape index (κ1) is 37.4. The number of aliphatic hydroxyl groups excluding tert-OH is 1. The molecule has 0 saturated carbocycles. The maximum absolute atomic E-state index is 14.0. The van der Waals surface area contributed by atoms with E-state index in [1.807, 2.05) is 19.9 Å². The number of nitrogens with one attached hydrogen (secondary N) is 1. The first-order valence-corrected chi connectivity index (χ1v) is 16.4. The van der Waals surface area contributed by atoms with Gasteiger partial charge in [0.15, 0.2) is 11.6 Å². The number of ether oxygens (including phenoxy) is 4. The number of allylic oxidation sites excluding steroid dienone is 3. The highest BCUT2D eigenvalue weighted by Crippen LogP contribution is 2.49. The zero-order chi connectivity index (χ0) is 35.7. The fourth-order valence-corrected chi connectivity index (χ4v) is 6.74. The second-order valence-corrected chi connectivity index (χ2v) is 13.7. The molecule has 2 unspecified atom stereocenters. The van der Waals surface area contributed by atoms with Crippen LogP contribution < -0.4 is 10.2 Å². The van der Waals surface area contributed by atoms with Crippen LogP contribution in [0.15, 0.2) is 48.4 Å². The van der Waals surface area contributed by atoms with Crippen LogP contribution in [0.2, 0.25) is 5.02 Å². The van der Waals surface area contributed by atoms with Crippen LogP contribution in [-0.4, -0.2) is 95.9 Å². The van der Waals surface area contributed by atoms with Gasteiger partial charge in [0.05, 0.1) is 29.8 Å². The van der Waals surface area contributed by atoms with E-state index in [1.54, 1.807) is 45.2 Å². The summed E-state index contributed by atoms with van der Waals surface area (Å²) < 4.78 is 24.0. The Morgan fingerprint density at radius 3 is 2.65 bits per heavy atom. The van der Waals surface area contributed by atoms with Gasteiger partial charge < -0.3 is 44.3 Å². The molecule has 4 rings (SSSR count). The molecular weight excluding hydrogens is 642 g/mol. The average molecular weight is 690 g/mol. The molecule has 0 spiro atoms.